The molecule has 2 rings (SSSR count). The van der Waals surface area contributed by atoms with E-state index in [0.717, 1.165) is 5.56 Å². The molecule has 2 aromatic rings. The standard InChI is InChI=1S/C10H12N6O/c1-16-6-8(4-14-16)2-3-10(17)11-5-9-12-7-13-15-9/h2-4,6-7H,5H2,1H3,(H,11,17)(H,12,13,15)/b3-2+. The van der Waals surface area contributed by atoms with Crippen molar-refractivity contribution in [2.45, 2.75) is 6.54 Å². The highest BCUT2D eigenvalue weighted by molar-refractivity contribution is 5.91. The molecule has 0 aliphatic carbocycles. The summed E-state index contributed by atoms with van der Waals surface area (Å²) in [7, 11) is 1.82. The number of nitrogens with one attached hydrogen (secondary N) is 2. The van der Waals surface area contributed by atoms with Gasteiger partial charge in [-0.05, 0) is 6.08 Å². The van der Waals surface area contributed by atoms with Crippen molar-refractivity contribution < 1.29 is 4.79 Å². The van der Waals surface area contributed by atoms with E-state index in [1.807, 2.05) is 13.2 Å². The molecule has 17 heavy (non-hydrogen) atoms. The molecule has 0 saturated heterocycles. The molecule has 0 aliphatic rings. The number of carbonyl (C=O) groups is 1. The predicted octanol–water partition coefficient (Wildman–Crippen LogP) is -0.132. The van der Waals surface area contributed by atoms with Crippen LogP contribution in [-0.4, -0.2) is 30.9 Å². The van der Waals surface area contributed by atoms with Crippen LogP contribution in [0.5, 0.6) is 0 Å². The van der Waals surface area contributed by atoms with Crippen LogP contribution in [0.3, 0.4) is 0 Å². The van der Waals surface area contributed by atoms with Gasteiger partial charge in [0.1, 0.15) is 12.2 Å². The summed E-state index contributed by atoms with van der Waals surface area (Å²) in [5.74, 6) is 0.429. The number of nitrogens with zero attached hydrogens (tertiary/aromatic N) is 4. The number of hydrogen-bond donors (Lipinski definition) is 2. The summed E-state index contributed by atoms with van der Waals surface area (Å²) in [5.41, 5.74) is 0.877. The monoisotopic (exact) mass is 232 g/mol. The van der Waals surface area contributed by atoms with E-state index in [2.05, 4.69) is 25.6 Å². The molecule has 0 saturated carbocycles. The number of carbonyl (C=O) groups excluding carboxylic acids is 1. The fourth-order valence-electron chi connectivity index (χ4n) is 1.24. The Morgan fingerprint density at radius 2 is 2.53 bits per heavy atom. The molecule has 2 heterocycles. The van der Waals surface area contributed by atoms with Crippen LogP contribution in [-0.2, 0) is 18.4 Å². The van der Waals surface area contributed by atoms with E-state index in [9.17, 15) is 4.79 Å². The summed E-state index contributed by atoms with van der Waals surface area (Å²) in [6, 6.07) is 0. The number of aromatic amines is 1. The largest absolute Gasteiger partial charge is 0.345 e. The Bertz CT molecular complexity index is 513. The fraction of sp³-hybridized carbons (Fsp3) is 0.200. The molecule has 0 bridgehead atoms. The normalized spacial score (nSPS) is 10.9. The molecule has 88 valence electrons. The van der Waals surface area contributed by atoms with Crippen molar-refractivity contribution in [1.29, 1.82) is 0 Å². The third kappa shape index (κ3) is 3.26. The Morgan fingerprint density at radius 1 is 1.65 bits per heavy atom. The maximum absolute atomic E-state index is 11.4. The Kier molecular flexibility index (Phi) is 3.29. The zero-order valence-electron chi connectivity index (χ0n) is 9.29. The number of aromatic nitrogens is 5. The minimum absolute atomic E-state index is 0.190. The molecule has 0 atom stereocenters. The first-order chi connectivity index (χ1) is 8.24. The van der Waals surface area contributed by atoms with E-state index < -0.39 is 0 Å². The molecule has 0 unspecified atom stereocenters. The molecule has 0 aliphatic heterocycles. The van der Waals surface area contributed by atoms with Gasteiger partial charge in [-0.3, -0.25) is 14.6 Å². The second-order valence-corrected chi connectivity index (χ2v) is 3.43. The second-order valence-electron chi connectivity index (χ2n) is 3.43. The summed E-state index contributed by atoms with van der Waals surface area (Å²) in [6.07, 6.45) is 8.05. The van der Waals surface area contributed by atoms with E-state index in [0.29, 0.717) is 12.4 Å². The van der Waals surface area contributed by atoms with Gasteiger partial charge < -0.3 is 5.32 Å². The second kappa shape index (κ2) is 5.06. The van der Waals surface area contributed by atoms with E-state index in [4.69, 9.17) is 0 Å². The highest BCUT2D eigenvalue weighted by Crippen LogP contribution is 1.98. The predicted molar refractivity (Wildman–Crippen MR) is 60.5 cm³/mol. The van der Waals surface area contributed by atoms with Crippen molar-refractivity contribution >= 4 is 12.0 Å². The molecule has 0 aromatic carbocycles. The molecule has 7 nitrogen and oxygen atoms in total. The average molecular weight is 232 g/mol. The smallest absolute Gasteiger partial charge is 0.244 e. The maximum Gasteiger partial charge on any atom is 0.244 e. The van der Waals surface area contributed by atoms with E-state index in [1.165, 1.54) is 12.4 Å². The first-order valence-corrected chi connectivity index (χ1v) is 5.03. The lowest BCUT2D eigenvalue weighted by molar-refractivity contribution is -0.116. The van der Waals surface area contributed by atoms with Crippen molar-refractivity contribution in [3.05, 3.63) is 36.2 Å². The highest BCUT2D eigenvalue weighted by atomic mass is 16.1. The van der Waals surface area contributed by atoms with Crippen molar-refractivity contribution in [3.63, 3.8) is 0 Å². The van der Waals surface area contributed by atoms with Crippen LogP contribution in [0.15, 0.2) is 24.8 Å². The summed E-state index contributed by atoms with van der Waals surface area (Å²) in [6.45, 7) is 0.330. The lowest BCUT2D eigenvalue weighted by Crippen LogP contribution is -2.20. The summed E-state index contributed by atoms with van der Waals surface area (Å²) >= 11 is 0. The first kappa shape index (κ1) is 11.1. The zero-order chi connectivity index (χ0) is 12.1. The molecule has 2 N–H and O–H groups in total. The highest BCUT2D eigenvalue weighted by Gasteiger charge is 1.98. The van der Waals surface area contributed by atoms with Gasteiger partial charge >= 0.3 is 0 Å². The number of aryl methyl sites for hydroxylation is 1. The van der Waals surface area contributed by atoms with Crippen molar-refractivity contribution in [1.82, 2.24) is 30.3 Å². The molecular formula is C10H12N6O. The van der Waals surface area contributed by atoms with Crippen LogP contribution in [0.2, 0.25) is 0 Å². The average Bonchev–Trinajstić information content (AvgIpc) is 2.95. The van der Waals surface area contributed by atoms with Crippen LogP contribution in [0.4, 0.5) is 0 Å². The van der Waals surface area contributed by atoms with Gasteiger partial charge in [-0.1, -0.05) is 0 Å². The van der Waals surface area contributed by atoms with E-state index >= 15 is 0 Å². The Labute approximate surface area is 97.6 Å². The maximum atomic E-state index is 11.4. The van der Waals surface area contributed by atoms with Gasteiger partial charge in [-0.15, -0.1) is 0 Å². The number of H-pyrrole nitrogens is 1. The van der Waals surface area contributed by atoms with Crippen molar-refractivity contribution in [3.8, 4) is 0 Å². The van der Waals surface area contributed by atoms with Crippen LogP contribution >= 0.6 is 0 Å². The summed E-state index contributed by atoms with van der Waals surface area (Å²) in [5, 5.41) is 13.0. The number of rotatable bonds is 4. The van der Waals surface area contributed by atoms with Crippen molar-refractivity contribution in [2.75, 3.05) is 0 Å². The minimum atomic E-state index is -0.190. The van der Waals surface area contributed by atoms with Crippen LogP contribution in [0, 0.1) is 0 Å². The van der Waals surface area contributed by atoms with Gasteiger partial charge in [0.2, 0.25) is 5.91 Å². The Hall–Kier alpha value is -2.44. The SMILES string of the molecule is Cn1cc(/C=C/C(=O)NCc2ncn[nH]2)cn1. The van der Waals surface area contributed by atoms with E-state index in [1.54, 1.807) is 17.0 Å². The molecule has 0 radical (unpaired) electrons. The van der Waals surface area contributed by atoms with Crippen LogP contribution in [0.25, 0.3) is 6.08 Å². The van der Waals surface area contributed by atoms with Crippen LogP contribution in [0.1, 0.15) is 11.4 Å². The lowest BCUT2D eigenvalue weighted by atomic mass is 10.3. The Morgan fingerprint density at radius 3 is 3.18 bits per heavy atom. The molecule has 2 aromatic heterocycles. The molecule has 0 spiro atoms. The molecule has 1 amide bonds. The number of amides is 1. The summed E-state index contributed by atoms with van der Waals surface area (Å²) < 4.78 is 1.67. The van der Waals surface area contributed by atoms with Crippen molar-refractivity contribution in [2.24, 2.45) is 7.05 Å². The first-order valence-electron chi connectivity index (χ1n) is 5.03. The topological polar surface area (TPSA) is 88.5 Å². The van der Waals surface area contributed by atoms with E-state index in [-0.39, 0.29) is 5.91 Å². The van der Waals surface area contributed by atoms with Gasteiger partial charge in [-0.2, -0.15) is 10.2 Å². The number of hydrogen-bond acceptors (Lipinski definition) is 4. The zero-order valence-corrected chi connectivity index (χ0v) is 9.29. The third-order valence-electron chi connectivity index (χ3n) is 2.05. The van der Waals surface area contributed by atoms with Gasteiger partial charge in [0.05, 0.1) is 12.7 Å². The van der Waals surface area contributed by atoms with Gasteiger partial charge in [0, 0.05) is 24.9 Å². The van der Waals surface area contributed by atoms with Crippen LogP contribution < -0.4 is 5.32 Å². The van der Waals surface area contributed by atoms with Gasteiger partial charge in [0.25, 0.3) is 0 Å². The quantitative estimate of drug-likeness (QED) is 0.718. The fourth-order valence-corrected chi connectivity index (χ4v) is 1.24. The van der Waals surface area contributed by atoms with Gasteiger partial charge in [0.15, 0.2) is 0 Å². The minimum Gasteiger partial charge on any atom is -0.345 e. The lowest BCUT2D eigenvalue weighted by Gasteiger charge is -1.97. The third-order valence-corrected chi connectivity index (χ3v) is 2.05. The molecule has 0 fully saturated rings. The molecule has 7 heteroatoms. The summed E-state index contributed by atoms with van der Waals surface area (Å²) in [4.78, 5) is 15.3. The van der Waals surface area contributed by atoms with Gasteiger partial charge in [-0.25, -0.2) is 4.98 Å². The Balaban J connectivity index is 1.83. The molecular weight excluding hydrogens is 220 g/mol.